The summed E-state index contributed by atoms with van der Waals surface area (Å²) >= 11 is 0. The second-order valence-corrected chi connectivity index (χ2v) is 6.15. The van der Waals surface area contributed by atoms with E-state index in [2.05, 4.69) is 0 Å². The number of allylic oxidation sites excluding steroid dienone is 1. The lowest BCUT2D eigenvalue weighted by Gasteiger charge is -2.09. The minimum atomic E-state index is -0.126. The average Bonchev–Trinajstić information content (AvgIpc) is 3.14. The van der Waals surface area contributed by atoms with Gasteiger partial charge < -0.3 is 9.15 Å². The van der Waals surface area contributed by atoms with Crippen LogP contribution in [0.1, 0.15) is 21.7 Å². The molecule has 3 nitrogen and oxygen atoms in total. The van der Waals surface area contributed by atoms with Crippen molar-refractivity contribution in [3.8, 4) is 5.75 Å². The van der Waals surface area contributed by atoms with Gasteiger partial charge in [-0.1, -0.05) is 60.7 Å². The number of rotatable bonds is 6. The van der Waals surface area contributed by atoms with Crippen molar-refractivity contribution in [2.45, 2.75) is 6.61 Å². The molecule has 1 heterocycles. The van der Waals surface area contributed by atoms with Crippen LogP contribution in [0.15, 0.2) is 95.4 Å². The molecule has 0 spiro atoms. The van der Waals surface area contributed by atoms with Gasteiger partial charge in [-0.3, -0.25) is 4.79 Å². The van der Waals surface area contributed by atoms with Gasteiger partial charge in [0.15, 0.2) is 5.78 Å². The van der Waals surface area contributed by atoms with Crippen molar-refractivity contribution in [3.63, 3.8) is 0 Å². The predicted molar refractivity (Wildman–Crippen MR) is 107 cm³/mol. The number of hydrogen-bond donors (Lipinski definition) is 0. The topological polar surface area (TPSA) is 39.4 Å². The van der Waals surface area contributed by atoms with Crippen LogP contribution in [-0.4, -0.2) is 5.78 Å². The summed E-state index contributed by atoms with van der Waals surface area (Å²) in [5.74, 6) is 1.09. The van der Waals surface area contributed by atoms with E-state index in [1.807, 2.05) is 78.9 Å². The molecule has 4 rings (SSSR count). The summed E-state index contributed by atoms with van der Waals surface area (Å²) in [5.41, 5.74) is 2.38. The largest absolute Gasteiger partial charge is 0.488 e. The zero-order chi connectivity index (χ0) is 18.5. The molecule has 0 fully saturated rings. The molecule has 0 saturated carbocycles. The molecule has 0 aliphatic carbocycles. The molecule has 1 aromatic heterocycles. The maximum Gasteiger partial charge on any atom is 0.189 e. The molecule has 0 aliphatic heterocycles. The van der Waals surface area contributed by atoms with Crippen LogP contribution in [0.25, 0.3) is 17.0 Å². The Labute approximate surface area is 157 Å². The number of ketones is 1. The first-order valence-electron chi connectivity index (χ1n) is 8.76. The van der Waals surface area contributed by atoms with E-state index < -0.39 is 0 Å². The molecule has 0 bridgehead atoms. The van der Waals surface area contributed by atoms with E-state index in [-0.39, 0.29) is 5.78 Å². The molecule has 0 saturated heterocycles. The van der Waals surface area contributed by atoms with Crippen molar-refractivity contribution in [2.24, 2.45) is 0 Å². The van der Waals surface area contributed by atoms with Crippen molar-refractivity contribution in [1.82, 2.24) is 0 Å². The number of furan rings is 1. The molecule has 0 amide bonds. The first-order valence-corrected chi connectivity index (χ1v) is 8.76. The Morgan fingerprint density at radius 3 is 2.48 bits per heavy atom. The van der Waals surface area contributed by atoms with Gasteiger partial charge in [0.1, 0.15) is 23.7 Å². The van der Waals surface area contributed by atoms with Crippen molar-refractivity contribution >= 4 is 22.8 Å². The fourth-order valence-electron chi connectivity index (χ4n) is 2.86. The summed E-state index contributed by atoms with van der Waals surface area (Å²) in [7, 11) is 0. The Morgan fingerprint density at radius 2 is 1.63 bits per heavy atom. The molecular formula is C24H18O3. The summed E-state index contributed by atoms with van der Waals surface area (Å²) in [4.78, 5) is 12.7. The van der Waals surface area contributed by atoms with Crippen LogP contribution < -0.4 is 4.74 Å². The number of hydrogen-bond acceptors (Lipinski definition) is 3. The average molecular weight is 354 g/mol. The maximum absolute atomic E-state index is 12.7. The molecule has 0 unspecified atom stereocenters. The lowest BCUT2D eigenvalue weighted by molar-refractivity contribution is 0.104. The highest BCUT2D eigenvalue weighted by molar-refractivity contribution is 6.08. The van der Waals surface area contributed by atoms with Crippen LogP contribution in [0.5, 0.6) is 5.75 Å². The third-order valence-corrected chi connectivity index (χ3v) is 4.23. The van der Waals surface area contributed by atoms with Crippen molar-refractivity contribution in [2.75, 3.05) is 0 Å². The molecule has 0 N–H and O–H groups in total. The van der Waals surface area contributed by atoms with Gasteiger partial charge in [0, 0.05) is 5.39 Å². The van der Waals surface area contributed by atoms with Crippen LogP contribution in [0.2, 0.25) is 0 Å². The highest BCUT2D eigenvalue weighted by Gasteiger charge is 2.10. The molecule has 132 valence electrons. The van der Waals surface area contributed by atoms with E-state index >= 15 is 0 Å². The van der Waals surface area contributed by atoms with Gasteiger partial charge in [0.05, 0.1) is 5.56 Å². The van der Waals surface area contributed by atoms with E-state index in [0.717, 1.165) is 16.5 Å². The number of para-hydroxylation sites is 2. The van der Waals surface area contributed by atoms with Crippen LogP contribution in [0, 0.1) is 0 Å². The number of carbonyl (C=O) groups is 1. The third kappa shape index (κ3) is 3.98. The van der Waals surface area contributed by atoms with Crippen LogP contribution in [0.3, 0.4) is 0 Å². The Balaban J connectivity index is 1.51. The van der Waals surface area contributed by atoms with E-state index in [9.17, 15) is 4.79 Å². The summed E-state index contributed by atoms with van der Waals surface area (Å²) in [6.07, 6.45) is 3.21. The number of fused-ring (bicyclic) bond motifs is 1. The maximum atomic E-state index is 12.7. The number of ether oxygens (including phenoxy) is 1. The second-order valence-electron chi connectivity index (χ2n) is 6.15. The Bertz CT molecular complexity index is 1060. The third-order valence-electron chi connectivity index (χ3n) is 4.23. The zero-order valence-electron chi connectivity index (χ0n) is 14.7. The molecule has 4 aromatic rings. The molecular weight excluding hydrogens is 336 g/mol. The summed E-state index contributed by atoms with van der Waals surface area (Å²) in [5, 5.41) is 1.01. The monoisotopic (exact) mass is 354 g/mol. The molecule has 3 heteroatoms. The molecule has 27 heavy (non-hydrogen) atoms. The number of carbonyl (C=O) groups excluding carboxylic acids is 1. The quantitative estimate of drug-likeness (QED) is 0.319. The fraction of sp³-hybridized carbons (Fsp3) is 0.0417. The zero-order valence-corrected chi connectivity index (χ0v) is 14.7. The van der Waals surface area contributed by atoms with Gasteiger partial charge in [-0.05, 0) is 42.0 Å². The van der Waals surface area contributed by atoms with Crippen molar-refractivity contribution < 1.29 is 13.9 Å². The molecule has 0 radical (unpaired) electrons. The SMILES string of the molecule is O=C(/C=C/c1cc2ccccc2o1)c1ccccc1OCc1ccccc1. The molecule has 0 atom stereocenters. The van der Waals surface area contributed by atoms with E-state index in [1.165, 1.54) is 6.08 Å². The number of benzene rings is 3. The van der Waals surface area contributed by atoms with Crippen LogP contribution in [0.4, 0.5) is 0 Å². The predicted octanol–water partition coefficient (Wildman–Crippen LogP) is 5.91. The van der Waals surface area contributed by atoms with Crippen LogP contribution in [-0.2, 0) is 6.61 Å². The Morgan fingerprint density at radius 1 is 0.889 bits per heavy atom. The summed E-state index contributed by atoms with van der Waals surface area (Å²) < 4.78 is 11.6. The van der Waals surface area contributed by atoms with Gasteiger partial charge >= 0.3 is 0 Å². The van der Waals surface area contributed by atoms with E-state index in [4.69, 9.17) is 9.15 Å². The van der Waals surface area contributed by atoms with Gasteiger partial charge in [-0.2, -0.15) is 0 Å². The highest BCUT2D eigenvalue weighted by Crippen LogP contribution is 2.22. The first kappa shape index (κ1) is 16.9. The Kier molecular flexibility index (Phi) is 4.84. The van der Waals surface area contributed by atoms with Crippen molar-refractivity contribution in [1.29, 1.82) is 0 Å². The minimum absolute atomic E-state index is 0.126. The van der Waals surface area contributed by atoms with Crippen molar-refractivity contribution in [3.05, 3.63) is 108 Å². The lowest BCUT2D eigenvalue weighted by Crippen LogP contribution is -2.02. The normalized spacial score (nSPS) is 11.1. The van der Waals surface area contributed by atoms with Gasteiger partial charge in [-0.25, -0.2) is 0 Å². The summed E-state index contributed by atoms with van der Waals surface area (Å²) in [6, 6.07) is 26.8. The minimum Gasteiger partial charge on any atom is -0.488 e. The van der Waals surface area contributed by atoms with E-state index in [0.29, 0.717) is 23.7 Å². The second kappa shape index (κ2) is 7.75. The highest BCUT2D eigenvalue weighted by atomic mass is 16.5. The lowest BCUT2D eigenvalue weighted by atomic mass is 10.1. The first-order chi connectivity index (χ1) is 13.3. The molecule has 0 aliphatic rings. The fourth-order valence-corrected chi connectivity index (χ4v) is 2.86. The van der Waals surface area contributed by atoms with Gasteiger partial charge in [0.2, 0.25) is 0 Å². The van der Waals surface area contributed by atoms with E-state index in [1.54, 1.807) is 12.1 Å². The van der Waals surface area contributed by atoms with Gasteiger partial charge in [0.25, 0.3) is 0 Å². The summed E-state index contributed by atoms with van der Waals surface area (Å²) in [6.45, 7) is 0.415. The molecule has 3 aromatic carbocycles. The standard InChI is InChI=1S/C24H18O3/c25-22(15-14-20-16-19-10-4-6-12-23(19)27-20)21-11-5-7-13-24(21)26-17-18-8-2-1-3-9-18/h1-16H,17H2/b15-14+. The Hall–Kier alpha value is -3.59. The van der Waals surface area contributed by atoms with Crippen LogP contribution >= 0.6 is 0 Å². The smallest absolute Gasteiger partial charge is 0.189 e. The van der Waals surface area contributed by atoms with Gasteiger partial charge in [-0.15, -0.1) is 0 Å².